The minimum absolute atomic E-state index is 0.0457. The number of nitrogens with two attached hydrogens (primary N) is 1. The SMILES string of the molecule is CC(Oc1cc(N(C)C)ccc1N)C(=O)N1CCCCC1. The summed E-state index contributed by atoms with van der Waals surface area (Å²) < 4.78 is 5.81. The van der Waals surface area contributed by atoms with Crippen molar-refractivity contribution in [3.8, 4) is 5.75 Å². The average molecular weight is 291 g/mol. The van der Waals surface area contributed by atoms with Crippen LogP contribution >= 0.6 is 0 Å². The Bertz CT molecular complexity index is 496. The van der Waals surface area contributed by atoms with Crippen molar-refractivity contribution in [2.24, 2.45) is 0 Å². The van der Waals surface area contributed by atoms with Crippen LogP contribution in [-0.2, 0) is 4.79 Å². The highest BCUT2D eigenvalue weighted by Crippen LogP contribution is 2.28. The van der Waals surface area contributed by atoms with Gasteiger partial charge >= 0.3 is 0 Å². The lowest BCUT2D eigenvalue weighted by Gasteiger charge is -2.29. The molecule has 1 fully saturated rings. The van der Waals surface area contributed by atoms with E-state index in [1.807, 2.05) is 42.1 Å². The van der Waals surface area contributed by atoms with Crippen molar-refractivity contribution in [3.63, 3.8) is 0 Å². The minimum Gasteiger partial charge on any atom is -0.479 e. The number of piperidine rings is 1. The Balaban J connectivity index is 2.06. The Labute approximate surface area is 126 Å². The molecule has 0 radical (unpaired) electrons. The number of carbonyl (C=O) groups excluding carboxylic acids is 1. The summed E-state index contributed by atoms with van der Waals surface area (Å²) in [5.74, 6) is 0.614. The first kappa shape index (κ1) is 15.5. The normalized spacial score (nSPS) is 16.4. The van der Waals surface area contributed by atoms with Crippen molar-refractivity contribution in [3.05, 3.63) is 18.2 Å². The minimum atomic E-state index is -0.511. The molecule has 2 rings (SSSR count). The first-order valence-corrected chi connectivity index (χ1v) is 7.51. The summed E-state index contributed by atoms with van der Waals surface area (Å²) in [5, 5.41) is 0. The van der Waals surface area contributed by atoms with E-state index >= 15 is 0 Å². The molecule has 1 amide bonds. The molecule has 1 aromatic carbocycles. The van der Waals surface area contributed by atoms with Crippen molar-refractivity contribution in [1.82, 2.24) is 4.90 Å². The van der Waals surface area contributed by atoms with Crippen LogP contribution in [0.15, 0.2) is 18.2 Å². The van der Waals surface area contributed by atoms with Crippen molar-refractivity contribution < 1.29 is 9.53 Å². The average Bonchev–Trinajstić information content (AvgIpc) is 2.49. The molecule has 5 nitrogen and oxygen atoms in total. The van der Waals surface area contributed by atoms with E-state index in [-0.39, 0.29) is 5.91 Å². The zero-order valence-corrected chi connectivity index (χ0v) is 13.1. The van der Waals surface area contributed by atoms with Gasteiger partial charge in [-0.25, -0.2) is 0 Å². The molecule has 1 saturated heterocycles. The van der Waals surface area contributed by atoms with Gasteiger partial charge in [0.1, 0.15) is 5.75 Å². The first-order valence-electron chi connectivity index (χ1n) is 7.51. The zero-order chi connectivity index (χ0) is 15.4. The van der Waals surface area contributed by atoms with Crippen LogP contribution < -0.4 is 15.4 Å². The second kappa shape index (κ2) is 6.70. The first-order chi connectivity index (χ1) is 9.99. The van der Waals surface area contributed by atoms with E-state index in [4.69, 9.17) is 10.5 Å². The molecular weight excluding hydrogens is 266 g/mol. The fourth-order valence-electron chi connectivity index (χ4n) is 2.52. The molecule has 21 heavy (non-hydrogen) atoms. The van der Waals surface area contributed by atoms with Crippen LogP contribution in [0.2, 0.25) is 0 Å². The molecule has 1 aromatic rings. The van der Waals surface area contributed by atoms with Gasteiger partial charge in [-0.05, 0) is 38.3 Å². The van der Waals surface area contributed by atoms with E-state index < -0.39 is 6.10 Å². The number of amides is 1. The number of rotatable bonds is 4. The number of hydrogen-bond acceptors (Lipinski definition) is 4. The van der Waals surface area contributed by atoms with Crippen molar-refractivity contribution >= 4 is 17.3 Å². The van der Waals surface area contributed by atoms with E-state index in [2.05, 4.69) is 0 Å². The second-order valence-electron chi connectivity index (χ2n) is 5.76. The van der Waals surface area contributed by atoms with E-state index in [0.29, 0.717) is 11.4 Å². The van der Waals surface area contributed by atoms with Crippen LogP contribution in [-0.4, -0.2) is 44.1 Å². The molecule has 0 spiro atoms. The molecule has 1 heterocycles. The Kier molecular flexibility index (Phi) is 4.94. The predicted molar refractivity (Wildman–Crippen MR) is 85.7 cm³/mol. The van der Waals surface area contributed by atoms with Crippen molar-refractivity contribution in [2.45, 2.75) is 32.3 Å². The third-order valence-corrected chi connectivity index (χ3v) is 3.83. The van der Waals surface area contributed by atoms with Gasteiger partial charge in [0.25, 0.3) is 5.91 Å². The number of likely N-dealkylation sites (tertiary alicyclic amines) is 1. The smallest absolute Gasteiger partial charge is 0.263 e. The van der Waals surface area contributed by atoms with Gasteiger partial charge in [-0.3, -0.25) is 4.79 Å². The van der Waals surface area contributed by atoms with E-state index in [0.717, 1.165) is 31.6 Å². The predicted octanol–water partition coefficient (Wildman–Crippen LogP) is 2.11. The van der Waals surface area contributed by atoms with Gasteiger partial charge in [0.05, 0.1) is 5.69 Å². The maximum Gasteiger partial charge on any atom is 0.263 e. The fourth-order valence-corrected chi connectivity index (χ4v) is 2.52. The highest BCUT2D eigenvalue weighted by atomic mass is 16.5. The number of nitrogens with zero attached hydrogens (tertiary/aromatic N) is 2. The van der Waals surface area contributed by atoms with E-state index in [1.165, 1.54) is 6.42 Å². The van der Waals surface area contributed by atoms with Gasteiger partial charge in [0.2, 0.25) is 0 Å². The van der Waals surface area contributed by atoms with Crippen LogP contribution in [0.1, 0.15) is 26.2 Å². The number of hydrogen-bond donors (Lipinski definition) is 1. The number of benzene rings is 1. The van der Waals surface area contributed by atoms with Gasteiger partial charge in [-0.2, -0.15) is 0 Å². The molecule has 116 valence electrons. The zero-order valence-electron chi connectivity index (χ0n) is 13.1. The Hall–Kier alpha value is -1.91. The molecule has 1 aliphatic rings. The summed E-state index contributed by atoms with van der Waals surface area (Å²) in [6.07, 6.45) is 2.85. The lowest BCUT2D eigenvalue weighted by molar-refractivity contribution is -0.138. The quantitative estimate of drug-likeness (QED) is 0.863. The highest BCUT2D eigenvalue weighted by molar-refractivity contribution is 5.81. The lowest BCUT2D eigenvalue weighted by atomic mass is 10.1. The maximum atomic E-state index is 12.4. The molecule has 2 N–H and O–H groups in total. The molecule has 0 bridgehead atoms. The maximum absolute atomic E-state index is 12.4. The molecular formula is C16H25N3O2. The van der Waals surface area contributed by atoms with Crippen molar-refractivity contribution in [2.75, 3.05) is 37.8 Å². The largest absolute Gasteiger partial charge is 0.479 e. The topological polar surface area (TPSA) is 58.8 Å². The number of carbonyl (C=O) groups is 1. The Morgan fingerprint density at radius 1 is 1.29 bits per heavy atom. The molecule has 5 heteroatoms. The van der Waals surface area contributed by atoms with E-state index in [9.17, 15) is 4.79 Å². The molecule has 1 unspecified atom stereocenters. The monoisotopic (exact) mass is 291 g/mol. The fraction of sp³-hybridized carbons (Fsp3) is 0.562. The van der Waals surface area contributed by atoms with Gasteiger partial charge in [0, 0.05) is 38.9 Å². The van der Waals surface area contributed by atoms with Gasteiger partial charge in [-0.1, -0.05) is 0 Å². The van der Waals surface area contributed by atoms with Crippen LogP contribution in [0.4, 0.5) is 11.4 Å². The van der Waals surface area contributed by atoms with Crippen LogP contribution in [0, 0.1) is 0 Å². The lowest BCUT2D eigenvalue weighted by Crippen LogP contribution is -2.43. The number of ether oxygens (including phenoxy) is 1. The molecule has 1 aliphatic heterocycles. The molecule has 1 atom stereocenters. The standard InChI is InChI=1S/C16H25N3O2/c1-12(16(20)19-9-5-4-6-10-19)21-15-11-13(18(2)3)7-8-14(15)17/h7-8,11-12H,4-6,9-10,17H2,1-3H3. The summed E-state index contributed by atoms with van der Waals surface area (Å²) in [6.45, 7) is 3.46. The van der Waals surface area contributed by atoms with Crippen LogP contribution in [0.5, 0.6) is 5.75 Å². The summed E-state index contributed by atoms with van der Waals surface area (Å²) in [6, 6.07) is 5.61. The Morgan fingerprint density at radius 3 is 2.57 bits per heavy atom. The van der Waals surface area contributed by atoms with Gasteiger partial charge in [-0.15, -0.1) is 0 Å². The summed E-state index contributed by atoms with van der Waals surface area (Å²) >= 11 is 0. The van der Waals surface area contributed by atoms with Crippen molar-refractivity contribution in [1.29, 1.82) is 0 Å². The van der Waals surface area contributed by atoms with Crippen LogP contribution in [0.3, 0.4) is 0 Å². The third kappa shape index (κ3) is 3.80. The summed E-state index contributed by atoms with van der Waals surface area (Å²) in [5.41, 5.74) is 7.50. The van der Waals surface area contributed by atoms with Gasteiger partial charge < -0.3 is 20.3 Å². The third-order valence-electron chi connectivity index (χ3n) is 3.83. The van der Waals surface area contributed by atoms with E-state index in [1.54, 1.807) is 6.92 Å². The highest BCUT2D eigenvalue weighted by Gasteiger charge is 2.24. The summed E-state index contributed by atoms with van der Waals surface area (Å²) in [4.78, 5) is 16.2. The number of anilines is 2. The number of nitrogen functional groups attached to an aromatic ring is 1. The Morgan fingerprint density at radius 2 is 1.95 bits per heavy atom. The van der Waals surface area contributed by atoms with Gasteiger partial charge in [0.15, 0.2) is 6.10 Å². The van der Waals surface area contributed by atoms with Crippen LogP contribution in [0.25, 0.3) is 0 Å². The summed E-state index contributed by atoms with van der Waals surface area (Å²) in [7, 11) is 3.91. The molecule has 0 saturated carbocycles. The molecule has 0 aromatic heterocycles. The second-order valence-corrected chi connectivity index (χ2v) is 5.76. The molecule has 0 aliphatic carbocycles.